The smallest absolute Gasteiger partial charge is 0.260 e. The number of hydrogen-bond acceptors (Lipinski definition) is 4. The van der Waals surface area contributed by atoms with Gasteiger partial charge in [-0.25, -0.2) is 0 Å². The molecule has 0 radical (unpaired) electrons. The van der Waals surface area contributed by atoms with E-state index in [1.165, 1.54) is 5.56 Å². The summed E-state index contributed by atoms with van der Waals surface area (Å²) < 4.78 is 5.63. The zero-order valence-electron chi connectivity index (χ0n) is 13.5. The van der Waals surface area contributed by atoms with Gasteiger partial charge in [0.1, 0.15) is 5.75 Å². The zero-order valence-corrected chi connectivity index (χ0v) is 15.0. The molecule has 0 aliphatic carbocycles. The summed E-state index contributed by atoms with van der Waals surface area (Å²) in [6, 6.07) is 9.25. The molecule has 2 unspecified atom stereocenters. The quantitative estimate of drug-likeness (QED) is 0.828. The Morgan fingerprint density at radius 1 is 1.39 bits per heavy atom. The SMILES string of the molecule is CC(Oc1cccc(Cl)c1)C(=O)NCC(c1ccsc1)N(C)C. The normalized spacial score (nSPS) is 13.6. The van der Waals surface area contributed by atoms with E-state index in [-0.39, 0.29) is 11.9 Å². The van der Waals surface area contributed by atoms with Crippen LogP contribution in [-0.2, 0) is 4.79 Å². The van der Waals surface area contributed by atoms with Crippen LogP contribution in [0.5, 0.6) is 5.75 Å². The van der Waals surface area contributed by atoms with Gasteiger partial charge in [-0.2, -0.15) is 11.3 Å². The molecule has 6 heteroatoms. The van der Waals surface area contributed by atoms with Crippen LogP contribution in [0.2, 0.25) is 5.02 Å². The summed E-state index contributed by atoms with van der Waals surface area (Å²) in [6.45, 7) is 2.26. The lowest BCUT2D eigenvalue weighted by atomic mass is 10.1. The lowest BCUT2D eigenvalue weighted by Crippen LogP contribution is -2.40. The molecule has 1 amide bonds. The Labute approximate surface area is 146 Å². The van der Waals surface area contributed by atoms with Crippen LogP contribution in [0.4, 0.5) is 0 Å². The number of likely N-dealkylation sites (N-methyl/N-ethyl adjacent to an activating group) is 1. The van der Waals surface area contributed by atoms with Crippen LogP contribution in [0.3, 0.4) is 0 Å². The van der Waals surface area contributed by atoms with Gasteiger partial charge in [0.15, 0.2) is 6.10 Å². The molecular weight excluding hydrogens is 332 g/mol. The van der Waals surface area contributed by atoms with Crippen molar-refractivity contribution in [2.24, 2.45) is 0 Å². The van der Waals surface area contributed by atoms with Crippen molar-refractivity contribution < 1.29 is 9.53 Å². The Morgan fingerprint density at radius 2 is 2.17 bits per heavy atom. The maximum absolute atomic E-state index is 12.2. The number of benzene rings is 1. The molecule has 2 atom stereocenters. The summed E-state index contributed by atoms with van der Waals surface area (Å²) in [5, 5.41) is 7.68. The largest absolute Gasteiger partial charge is 0.481 e. The van der Waals surface area contributed by atoms with E-state index in [1.54, 1.807) is 42.5 Å². The molecule has 1 aromatic carbocycles. The van der Waals surface area contributed by atoms with Crippen LogP contribution in [0.15, 0.2) is 41.1 Å². The predicted octanol–water partition coefficient (Wildman–Crippen LogP) is 3.59. The van der Waals surface area contributed by atoms with Crippen LogP contribution in [-0.4, -0.2) is 37.6 Å². The van der Waals surface area contributed by atoms with E-state index in [1.807, 2.05) is 19.5 Å². The number of halogens is 1. The average molecular weight is 353 g/mol. The summed E-state index contributed by atoms with van der Waals surface area (Å²) in [5.41, 5.74) is 1.20. The maximum atomic E-state index is 12.2. The first-order valence-corrected chi connectivity index (χ1v) is 8.68. The second kappa shape index (κ2) is 8.34. The van der Waals surface area contributed by atoms with Crippen molar-refractivity contribution in [3.63, 3.8) is 0 Å². The van der Waals surface area contributed by atoms with Crippen LogP contribution in [0.25, 0.3) is 0 Å². The Morgan fingerprint density at radius 3 is 2.78 bits per heavy atom. The molecule has 0 aliphatic rings. The molecule has 1 N–H and O–H groups in total. The van der Waals surface area contributed by atoms with Gasteiger partial charge in [-0.3, -0.25) is 4.79 Å². The Kier molecular flexibility index (Phi) is 6.45. The number of amides is 1. The average Bonchev–Trinajstić information content (AvgIpc) is 3.01. The number of carbonyl (C=O) groups is 1. The molecule has 1 aromatic heterocycles. The van der Waals surface area contributed by atoms with E-state index in [0.717, 1.165) is 0 Å². The van der Waals surface area contributed by atoms with Crippen molar-refractivity contribution >= 4 is 28.8 Å². The number of thiophene rings is 1. The molecule has 0 saturated carbocycles. The molecule has 124 valence electrons. The lowest BCUT2D eigenvalue weighted by molar-refractivity contribution is -0.127. The van der Waals surface area contributed by atoms with Crippen LogP contribution < -0.4 is 10.1 Å². The van der Waals surface area contributed by atoms with Crippen molar-refractivity contribution in [3.05, 3.63) is 51.7 Å². The van der Waals surface area contributed by atoms with Crippen molar-refractivity contribution in [2.45, 2.75) is 19.1 Å². The van der Waals surface area contributed by atoms with E-state index in [9.17, 15) is 4.79 Å². The second-order valence-electron chi connectivity index (χ2n) is 5.50. The highest BCUT2D eigenvalue weighted by Crippen LogP contribution is 2.21. The highest BCUT2D eigenvalue weighted by Gasteiger charge is 2.19. The fourth-order valence-corrected chi connectivity index (χ4v) is 3.09. The third kappa shape index (κ3) is 5.23. The highest BCUT2D eigenvalue weighted by atomic mass is 35.5. The van der Waals surface area contributed by atoms with E-state index in [0.29, 0.717) is 17.3 Å². The van der Waals surface area contributed by atoms with Gasteiger partial charge in [0.2, 0.25) is 0 Å². The number of rotatable bonds is 7. The molecule has 2 rings (SSSR count). The van der Waals surface area contributed by atoms with E-state index in [4.69, 9.17) is 16.3 Å². The molecule has 1 heterocycles. The standard InChI is InChI=1S/C17H21ClN2O2S/c1-12(22-15-6-4-5-14(18)9-15)17(21)19-10-16(20(2)3)13-7-8-23-11-13/h4-9,11-12,16H,10H2,1-3H3,(H,19,21). The van der Waals surface area contributed by atoms with Crippen LogP contribution in [0.1, 0.15) is 18.5 Å². The van der Waals surface area contributed by atoms with Crippen molar-refractivity contribution in [2.75, 3.05) is 20.6 Å². The Bertz CT molecular complexity index is 631. The molecule has 2 aromatic rings. The van der Waals surface area contributed by atoms with Gasteiger partial charge in [-0.05, 0) is 61.6 Å². The Balaban J connectivity index is 1.90. The third-order valence-corrected chi connectivity index (χ3v) is 4.44. The predicted molar refractivity (Wildman–Crippen MR) is 95.3 cm³/mol. The maximum Gasteiger partial charge on any atom is 0.260 e. The lowest BCUT2D eigenvalue weighted by Gasteiger charge is -2.25. The Hall–Kier alpha value is -1.56. The van der Waals surface area contributed by atoms with Gasteiger partial charge in [-0.15, -0.1) is 0 Å². The van der Waals surface area contributed by atoms with E-state index >= 15 is 0 Å². The molecule has 0 fully saturated rings. The molecular formula is C17H21ClN2O2S. The van der Waals surface area contributed by atoms with Gasteiger partial charge in [0.05, 0.1) is 6.04 Å². The monoisotopic (exact) mass is 352 g/mol. The molecule has 4 nitrogen and oxygen atoms in total. The second-order valence-corrected chi connectivity index (χ2v) is 6.72. The molecule has 0 aliphatic heterocycles. The third-order valence-electron chi connectivity index (χ3n) is 3.50. The number of ether oxygens (including phenoxy) is 1. The fraction of sp³-hybridized carbons (Fsp3) is 0.353. The number of hydrogen-bond donors (Lipinski definition) is 1. The van der Waals surface area contributed by atoms with Crippen molar-refractivity contribution in [1.29, 1.82) is 0 Å². The number of nitrogens with one attached hydrogen (secondary N) is 1. The van der Waals surface area contributed by atoms with Gasteiger partial charge >= 0.3 is 0 Å². The zero-order chi connectivity index (χ0) is 16.8. The summed E-state index contributed by atoms with van der Waals surface area (Å²) in [6.07, 6.45) is -0.584. The van der Waals surface area contributed by atoms with E-state index in [2.05, 4.69) is 21.7 Å². The van der Waals surface area contributed by atoms with Crippen LogP contribution >= 0.6 is 22.9 Å². The fourth-order valence-electron chi connectivity index (χ4n) is 2.20. The minimum atomic E-state index is -0.584. The van der Waals surface area contributed by atoms with Gasteiger partial charge < -0.3 is 15.0 Å². The minimum Gasteiger partial charge on any atom is -0.481 e. The molecule has 0 spiro atoms. The first-order chi connectivity index (χ1) is 11.0. The van der Waals surface area contributed by atoms with Gasteiger partial charge in [-0.1, -0.05) is 17.7 Å². The summed E-state index contributed by atoms with van der Waals surface area (Å²) in [4.78, 5) is 14.3. The summed E-state index contributed by atoms with van der Waals surface area (Å²) in [7, 11) is 4.00. The highest BCUT2D eigenvalue weighted by molar-refractivity contribution is 7.07. The molecule has 23 heavy (non-hydrogen) atoms. The minimum absolute atomic E-state index is 0.142. The molecule has 0 saturated heterocycles. The van der Waals surface area contributed by atoms with Crippen LogP contribution in [0, 0.1) is 0 Å². The van der Waals surface area contributed by atoms with Crippen molar-refractivity contribution in [1.82, 2.24) is 10.2 Å². The summed E-state index contributed by atoms with van der Waals surface area (Å²) >= 11 is 7.57. The first kappa shape index (κ1) is 17.8. The van der Waals surface area contributed by atoms with Crippen molar-refractivity contribution in [3.8, 4) is 5.75 Å². The first-order valence-electron chi connectivity index (χ1n) is 7.36. The van der Waals surface area contributed by atoms with E-state index < -0.39 is 6.10 Å². The topological polar surface area (TPSA) is 41.6 Å². The van der Waals surface area contributed by atoms with Gasteiger partial charge in [0, 0.05) is 11.6 Å². The summed E-state index contributed by atoms with van der Waals surface area (Å²) in [5.74, 6) is 0.439. The number of nitrogens with zero attached hydrogens (tertiary/aromatic N) is 1. The number of carbonyl (C=O) groups excluding carboxylic acids is 1. The molecule has 0 bridgehead atoms. The van der Waals surface area contributed by atoms with Gasteiger partial charge in [0.25, 0.3) is 5.91 Å².